The van der Waals surface area contributed by atoms with Crippen molar-refractivity contribution in [3.8, 4) is 0 Å². The van der Waals surface area contributed by atoms with Gasteiger partial charge in [-0.1, -0.05) is 13.8 Å². The number of aliphatic carboxylic acids is 1. The van der Waals surface area contributed by atoms with Crippen LogP contribution < -0.4 is 11.2 Å². The maximum absolute atomic E-state index is 12.2. The van der Waals surface area contributed by atoms with Gasteiger partial charge in [0, 0.05) is 11.9 Å². The van der Waals surface area contributed by atoms with E-state index in [2.05, 4.69) is 5.32 Å². The lowest BCUT2D eigenvalue weighted by atomic mass is 10.1. The van der Waals surface area contributed by atoms with Gasteiger partial charge in [0.15, 0.2) is 6.10 Å². The minimum Gasteiger partial charge on any atom is -0.481 e. The number of rotatable bonds is 11. The molecule has 0 fully saturated rings. The number of thioether (sulfide) groups is 1. The molecule has 0 saturated carbocycles. The van der Waals surface area contributed by atoms with Crippen LogP contribution in [-0.2, 0) is 19.2 Å². The van der Waals surface area contributed by atoms with Crippen LogP contribution in [0, 0.1) is 0 Å². The van der Waals surface area contributed by atoms with Crippen LogP contribution in [0.25, 0.3) is 0 Å². The van der Waals surface area contributed by atoms with E-state index in [9.17, 15) is 9.59 Å². The van der Waals surface area contributed by atoms with Crippen molar-refractivity contribution in [2.24, 2.45) is 5.90 Å². The third-order valence-electron chi connectivity index (χ3n) is 2.79. The van der Waals surface area contributed by atoms with Crippen molar-refractivity contribution < 1.29 is 24.3 Å². The van der Waals surface area contributed by atoms with Crippen LogP contribution in [0.5, 0.6) is 0 Å². The number of hydrogen-bond acceptors (Lipinski definition) is 6. The van der Waals surface area contributed by atoms with Gasteiger partial charge >= 0.3 is 5.97 Å². The van der Waals surface area contributed by atoms with Crippen LogP contribution in [0.4, 0.5) is 0 Å². The third-order valence-corrected chi connectivity index (χ3v) is 3.89. The molecule has 0 aromatic rings. The molecule has 0 radical (unpaired) electrons. The zero-order valence-corrected chi connectivity index (χ0v) is 13.9. The molecule has 0 spiro atoms. The highest BCUT2D eigenvalue weighted by Gasteiger charge is 2.33. The van der Waals surface area contributed by atoms with Gasteiger partial charge in [-0.25, -0.2) is 5.90 Å². The Bertz CT molecular complexity index is 343. The number of hydrogen-bond donors (Lipinski definition) is 3. The molecule has 0 heterocycles. The molecule has 0 saturated heterocycles. The summed E-state index contributed by atoms with van der Waals surface area (Å²) in [5.41, 5.74) is -1.28. The van der Waals surface area contributed by atoms with Gasteiger partial charge in [0.05, 0.1) is 6.42 Å². The Morgan fingerprint density at radius 3 is 2.48 bits per heavy atom. The van der Waals surface area contributed by atoms with Crippen LogP contribution in [0.15, 0.2) is 0 Å². The Morgan fingerprint density at radius 1 is 1.43 bits per heavy atom. The highest BCUT2D eigenvalue weighted by Crippen LogP contribution is 2.18. The average molecular weight is 322 g/mol. The average Bonchev–Trinajstić information content (AvgIpc) is 2.34. The third kappa shape index (κ3) is 8.25. The molecule has 7 nitrogen and oxygen atoms in total. The molecule has 0 rings (SSSR count). The summed E-state index contributed by atoms with van der Waals surface area (Å²) in [6.45, 7) is 7.52. The summed E-state index contributed by atoms with van der Waals surface area (Å²) in [5.74, 6) is 4.57. The molecule has 0 bridgehead atoms. The minimum atomic E-state index is -1.28. The SMILES string of the molecule is CCOC(C)(CC(=O)O)NC(=O)C(CC(C)SCC)ON. The van der Waals surface area contributed by atoms with Gasteiger partial charge in [0.2, 0.25) is 0 Å². The number of carbonyl (C=O) groups is 2. The fraction of sp³-hybridized carbons (Fsp3) is 0.846. The van der Waals surface area contributed by atoms with E-state index in [1.165, 1.54) is 6.92 Å². The van der Waals surface area contributed by atoms with Crippen molar-refractivity contribution in [1.29, 1.82) is 0 Å². The second-order valence-corrected chi connectivity index (χ2v) is 6.57. The van der Waals surface area contributed by atoms with Crippen molar-refractivity contribution >= 4 is 23.6 Å². The van der Waals surface area contributed by atoms with Gasteiger partial charge in [-0.05, 0) is 26.0 Å². The number of carboxylic acid groups (broad SMARTS) is 1. The zero-order chi connectivity index (χ0) is 16.5. The lowest BCUT2D eigenvalue weighted by Gasteiger charge is -2.30. The first-order valence-corrected chi connectivity index (χ1v) is 7.97. The van der Waals surface area contributed by atoms with Crippen molar-refractivity contribution in [1.82, 2.24) is 5.32 Å². The van der Waals surface area contributed by atoms with Crippen LogP contribution >= 0.6 is 11.8 Å². The summed E-state index contributed by atoms with van der Waals surface area (Å²) in [6, 6.07) is 0. The molecule has 0 aliphatic rings. The Labute approximate surface area is 129 Å². The van der Waals surface area contributed by atoms with Crippen molar-refractivity contribution in [2.75, 3.05) is 12.4 Å². The van der Waals surface area contributed by atoms with E-state index >= 15 is 0 Å². The number of nitrogens with two attached hydrogens (primary N) is 1. The maximum atomic E-state index is 12.2. The van der Waals surface area contributed by atoms with E-state index < -0.39 is 23.7 Å². The predicted molar refractivity (Wildman–Crippen MR) is 81.7 cm³/mol. The molecule has 124 valence electrons. The van der Waals surface area contributed by atoms with E-state index in [1.54, 1.807) is 18.7 Å². The Balaban J connectivity index is 4.73. The first-order chi connectivity index (χ1) is 9.77. The van der Waals surface area contributed by atoms with Gasteiger partial charge in [-0.2, -0.15) is 11.8 Å². The number of nitrogens with one attached hydrogen (secondary N) is 1. The number of ether oxygens (including phenoxy) is 1. The highest BCUT2D eigenvalue weighted by molar-refractivity contribution is 7.99. The number of carbonyl (C=O) groups excluding carboxylic acids is 1. The minimum absolute atomic E-state index is 0.201. The topological polar surface area (TPSA) is 111 Å². The highest BCUT2D eigenvalue weighted by atomic mass is 32.2. The van der Waals surface area contributed by atoms with Crippen molar-refractivity contribution in [3.05, 3.63) is 0 Å². The molecule has 21 heavy (non-hydrogen) atoms. The van der Waals surface area contributed by atoms with E-state index in [0.29, 0.717) is 6.42 Å². The standard InChI is InChI=1S/C13H26N2O5S/c1-5-19-13(4,8-11(16)17)15-12(18)10(20-14)7-9(3)21-6-2/h9-10H,5-8,14H2,1-4H3,(H,15,18)(H,16,17). The monoisotopic (exact) mass is 322 g/mol. The maximum Gasteiger partial charge on any atom is 0.308 e. The second kappa shape index (κ2) is 9.99. The summed E-state index contributed by atoms with van der Waals surface area (Å²) < 4.78 is 5.34. The van der Waals surface area contributed by atoms with Crippen LogP contribution in [0.3, 0.4) is 0 Å². The fourth-order valence-corrected chi connectivity index (χ4v) is 2.84. The normalized spacial score (nSPS) is 16.8. The lowest BCUT2D eigenvalue weighted by molar-refractivity contribution is -0.154. The molecular formula is C13H26N2O5S. The zero-order valence-electron chi connectivity index (χ0n) is 13.0. The lowest BCUT2D eigenvalue weighted by Crippen LogP contribution is -2.53. The van der Waals surface area contributed by atoms with Crippen molar-refractivity contribution in [3.63, 3.8) is 0 Å². The van der Waals surface area contributed by atoms with Gasteiger partial charge in [0.1, 0.15) is 5.72 Å². The van der Waals surface area contributed by atoms with Crippen molar-refractivity contribution in [2.45, 2.75) is 57.6 Å². The predicted octanol–water partition coefficient (Wildman–Crippen LogP) is 1.12. The van der Waals surface area contributed by atoms with E-state index in [4.69, 9.17) is 20.6 Å². The van der Waals surface area contributed by atoms with Crippen LogP contribution in [0.2, 0.25) is 0 Å². The summed E-state index contributed by atoms with van der Waals surface area (Å²) in [4.78, 5) is 27.8. The summed E-state index contributed by atoms with van der Waals surface area (Å²) in [6.07, 6.45) is -0.744. The first kappa shape index (κ1) is 20.2. The Hall–Kier alpha value is -0.830. The second-order valence-electron chi connectivity index (χ2n) is 4.85. The molecule has 0 aliphatic heterocycles. The molecule has 3 unspecified atom stereocenters. The largest absolute Gasteiger partial charge is 0.481 e. The molecule has 8 heteroatoms. The van der Waals surface area contributed by atoms with Crippen LogP contribution in [-0.4, -0.2) is 46.4 Å². The molecule has 1 amide bonds. The number of amides is 1. The molecular weight excluding hydrogens is 296 g/mol. The Kier molecular flexibility index (Phi) is 9.60. The summed E-state index contributed by atoms with van der Waals surface area (Å²) in [7, 11) is 0. The van der Waals surface area contributed by atoms with E-state index in [0.717, 1.165) is 5.75 Å². The molecule has 4 N–H and O–H groups in total. The number of carboxylic acids is 1. The quantitative estimate of drug-likeness (QED) is 0.386. The first-order valence-electron chi connectivity index (χ1n) is 6.92. The summed E-state index contributed by atoms with van der Waals surface area (Å²) in [5, 5.41) is 11.7. The van der Waals surface area contributed by atoms with Gasteiger partial charge < -0.3 is 15.2 Å². The van der Waals surface area contributed by atoms with E-state index in [1.807, 2.05) is 13.8 Å². The fourth-order valence-electron chi connectivity index (χ4n) is 1.96. The smallest absolute Gasteiger partial charge is 0.308 e. The van der Waals surface area contributed by atoms with E-state index in [-0.39, 0.29) is 18.3 Å². The molecule has 0 aromatic heterocycles. The molecule has 3 atom stereocenters. The molecule has 0 aliphatic carbocycles. The van der Waals surface area contributed by atoms with Crippen LogP contribution in [0.1, 0.15) is 40.5 Å². The van der Waals surface area contributed by atoms with Gasteiger partial charge in [-0.15, -0.1) is 0 Å². The summed E-state index contributed by atoms with van der Waals surface area (Å²) >= 11 is 1.69. The van der Waals surface area contributed by atoms with Gasteiger partial charge in [-0.3, -0.25) is 14.4 Å². The Morgan fingerprint density at radius 2 is 2.05 bits per heavy atom. The van der Waals surface area contributed by atoms with Gasteiger partial charge in [0.25, 0.3) is 5.91 Å². The molecule has 0 aromatic carbocycles.